The van der Waals surface area contributed by atoms with Crippen LogP contribution in [0, 0.1) is 0 Å². The smallest absolute Gasteiger partial charge is 0.159 e. The van der Waals surface area contributed by atoms with Crippen molar-refractivity contribution in [1.29, 1.82) is 0 Å². The molecule has 56 heavy (non-hydrogen) atoms. The maximum Gasteiger partial charge on any atom is 0.159 e. The third-order valence-corrected chi connectivity index (χ3v) is 11.6. The molecular formula is C51H37N5. The van der Waals surface area contributed by atoms with Crippen molar-refractivity contribution in [1.82, 2.24) is 19.1 Å². The maximum absolute atomic E-state index is 4.52. The van der Waals surface area contributed by atoms with Gasteiger partial charge >= 0.3 is 0 Å². The van der Waals surface area contributed by atoms with Crippen molar-refractivity contribution in [3.63, 3.8) is 0 Å². The molecule has 266 valence electrons. The predicted molar refractivity (Wildman–Crippen MR) is 231 cm³/mol. The minimum absolute atomic E-state index is 0.131. The maximum atomic E-state index is 4.52. The number of hydrogen-bond acceptors (Lipinski definition) is 3. The predicted octanol–water partition coefficient (Wildman–Crippen LogP) is 13.0. The Hall–Kier alpha value is -7.24. The van der Waals surface area contributed by atoms with Crippen molar-refractivity contribution in [3.8, 4) is 33.9 Å². The van der Waals surface area contributed by atoms with Crippen molar-refractivity contribution in [2.45, 2.75) is 19.3 Å². The highest BCUT2D eigenvalue weighted by atomic mass is 15.1. The van der Waals surface area contributed by atoms with Crippen LogP contribution in [0.5, 0.6) is 0 Å². The summed E-state index contributed by atoms with van der Waals surface area (Å²) in [7, 11) is 0. The molecule has 0 unspecified atom stereocenters. The molecule has 3 aromatic heterocycles. The van der Waals surface area contributed by atoms with Crippen LogP contribution in [0.4, 0.5) is 17.1 Å². The van der Waals surface area contributed by atoms with Crippen LogP contribution < -0.4 is 4.90 Å². The molecule has 7 aromatic carbocycles. The summed E-state index contributed by atoms with van der Waals surface area (Å²) < 4.78 is 4.76. The lowest BCUT2D eigenvalue weighted by atomic mass is 9.82. The van der Waals surface area contributed by atoms with E-state index in [9.17, 15) is 0 Å². The second-order valence-electron chi connectivity index (χ2n) is 15.1. The largest absolute Gasteiger partial charge is 0.315 e. The van der Waals surface area contributed by atoms with Gasteiger partial charge in [-0.15, -0.1) is 0 Å². The lowest BCUT2D eigenvalue weighted by Gasteiger charge is -2.28. The molecule has 0 aliphatic heterocycles. The molecule has 1 aliphatic carbocycles. The number of anilines is 3. The molecule has 0 saturated carbocycles. The summed E-state index contributed by atoms with van der Waals surface area (Å²) >= 11 is 0. The van der Waals surface area contributed by atoms with E-state index >= 15 is 0 Å². The summed E-state index contributed by atoms with van der Waals surface area (Å²) in [6, 6.07) is 61.4. The Morgan fingerprint density at radius 2 is 1.16 bits per heavy atom. The SMILES string of the molecule is CC1(C)c2ccccc2-c2ccc(N(c3ccc(-c4ncccn4)cc3)c3ccc4c(c3)c3ccc5ccn(-c6ccccc6)c5c3n4-c3ccccc3)cc21. The van der Waals surface area contributed by atoms with Gasteiger partial charge in [0.2, 0.25) is 0 Å². The van der Waals surface area contributed by atoms with Gasteiger partial charge in [0.1, 0.15) is 0 Å². The number of rotatable bonds is 6. The molecular weight excluding hydrogens is 683 g/mol. The van der Waals surface area contributed by atoms with Crippen LogP contribution in [-0.2, 0) is 5.41 Å². The van der Waals surface area contributed by atoms with Gasteiger partial charge in [-0.25, -0.2) is 9.97 Å². The Balaban J connectivity index is 1.16. The van der Waals surface area contributed by atoms with Gasteiger partial charge < -0.3 is 14.0 Å². The summed E-state index contributed by atoms with van der Waals surface area (Å²) in [6.45, 7) is 4.69. The van der Waals surface area contributed by atoms with Crippen LogP contribution in [0.1, 0.15) is 25.0 Å². The van der Waals surface area contributed by atoms with E-state index in [1.165, 1.54) is 49.4 Å². The highest BCUT2D eigenvalue weighted by molar-refractivity contribution is 6.19. The average molecular weight is 720 g/mol. The molecule has 0 amide bonds. The van der Waals surface area contributed by atoms with E-state index in [1.54, 1.807) is 12.4 Å². The summed E-state index contributed by atoms with van der Waals surface area (Å²) in [4.78, 5) is 11.4. The van der Waals surface area contributed by atoms with E-state index in [0.717, 1.165) is 39.5 Å². The summed E-state index contributed by atoms with van der Waals surface area (Å²) in [6.07, 6.45) is 5.77. The molecule has 5 nitrogen and oxygen atoms in total. The molecule has 1 aliphatic rings. The van der Waals surface area contributed by atoms with Crippen LogP contribution in [0.3, 0.4) is 0 Å². The van der Waals surface area contributed by atoms with Gasteiger partial charge in [0.15, 0.2) is 5.82 Å². The Bertz CT molecular complexity index is 3090. The zero-order chi connectivity index (χ0) is 37.4. The van der Waals surface area contributed by atoms with Gasteiger partial charge in [-0.1, -0.05) is 92.7 Å². The first-order valence-electron chi connectivity index (χ1n) is 19.2. The van der Waals surface area contributed by atoms with E-state index in [1.807, 2.05) is 6.07 Å². The molecule has 0 spiro atoms. The van der Waals surface area contributed by atoms with Crippen LogP contribution in [0.2, 0.25) is 0 Å². The van der Waals surface area contributed by atoms with E-state index < -0.39 is 0 Å². The highest BCUT2D eigenvalue weighted by Gasteiger charge is 2.35. The summed E-state index contributed by atoms with van der Waals surface area (Å²) in [5, 5.41) is 3.60. The second kappa shape index (κ2) is 12.4. The molecule has 0 fully saturated rings. The van der Waals surface area contributed by atoms with Gasteiger partial charge in [0.25, 0.3) is 0 Å². The molecule has 0 N–H and O–H groups in total. The zero-order valence-electron chi connectivity index (χ0n) is 31.1. The Morgan fingerprint density at radius 1 is 0.500 bits per heavy atom. The van der Waals surface area contributed by atoms with Gasteiger partial charge in [0.05, 0.1) is 16.6 Å². The minimum Gasteiger partial charge on any atom is -0.315 e. The van der Waals surface area contributed by atoms with Crippen LogP contribution in [-0.4, -0.2) is 19.1 Å². The molecule has 11 rings (SSSR count). The number of aromatic nitrogens is 4. The van der Waals surface area contributed by atoms with Crippen LogP contribution in [0.25, 0.3) is 66.6 Å². The summed E-state index contributed by atoms with van der Waals surface area (Å²) in [5.41, 5.74) is 15.2. The lowest BCUT2D eigenvalue weighted by Crippen LogP contribution is -2.16. The van der Waals surface area contributed by atoms with E-state index in [-0.39, 0.29) is 5.41 Å². The van der Waals surface area contributed by atoms with Gasteiger partial charge in [0, 0.05) is 74.2 Å². The molecule has 0 atom stereocenters. The third kappa shape index (κ3) is 4.87. The normalized spacial score (nSPS) is 13.0. The highest BCUT2D eigenvalue weighted by Crippen LogP contribution is 2.51. The first-order valence-corrected chi connectivity index (χ1v) is 19.2. The Labute approximate surface area is 325 Å². The fraction of sp³-hybridized carbons (Fsp3) is 0.0588. The van der Waals surface area contributed by atoms with Crippen LogP contribution >= 0.6 is 0 Å². The second-order valence-corrected chi connectivity index (χ2v) is 15.1. The van der Waals surface area contributed by atoms with E-state index in [0.29, 0.717) is 5.82 Å². The van der Waals surface area contributed by atoms with Crippen molar-refractivity contribution < 1.29 is 0 Å². The van der Waals surface area contributed by atoms with E-state index in [2.05, 4.69) is 208 Å². The number of hydrogen-bond donors (Lipinski definition) is 0. The molecule has 0 radical (unpaired) electrons. The van der Waals surface area contributed by atoms with Crippen molar-refractivity contribution in [2.24, 2.45) is 0 Å². The molecule has 5 heteroatoms. The number of nitrogens with zero attached hydrogens (tertiary/aromatic N) is 5. The minimum atomic E-state index is -0.131. The van der Waals surface area contributed by atoms with E-state index in [4.69, 9.17) is 0 Å². The van der Waals surface area contributed by atoms with Crippen molar-refractivity contribution in [2.75, 3.05) is 4.90 Å². The van der Waals surface area contributed by atoms with Gasteiger partial charge in [-0.2, -0.15) is 0 Å². The fourth-order valence-electron chi connectivity index (χ4n) is 8.99. The standard InChI is InChI=1S/C51H37N5/c1-51(2)45-17-10-9-16-41(45)42-26-23-40(33-46(42)51)55(38-21-18-35(19-22-38)50-52-29-11-30-53-50)39-24-27-47-44(32-39)43-25-20-34-28-31-54(36-12-5-3-6-13-36)48(34)49(43)56(47)37-14-7-4-8-15-37/h3-33H,1-2H3. The molecule has 3 heterocycles. The quantitative estimate of drug-likeness (QED) is 0.172. The number of para-hydroxylation sites is 2. The number of fused-ring (bicyclic) bond motifs is 8. The van der Waals surface area contributed by atoms with Crippen LogP contribution in [0.15, 0.2) is 188 Å². The Morgan fingerprint density at radius 3 is 1.95 bits per heavy atom. The first-order chi connectivity index (χ1) is 27.5. The third-order valence-electron chi connectivity index (χ3n) is 11.6. The molecule has 10 aromatic rings. The lowest BCUT2D eigenvalue weighted by molar-refractivity contribution is 0.660. The topological polar surface area (TPSA) is 38.9 Å². The number of benzene rings is 7. The Kier molecular flexibility index (Phi) is 7.13. The molecule has 0 saturated heterocycles. The van der Waals surface area contributed by atoms with Gasteiger partial charge in [-0.3, -0.25) is 0 Å². The van der Waals surface area contributed by atoms with Crippen molar-refractivity contribution >= 4 is 49.8 Å². The fourth-order valence-corrected chi connectivity index (χ4v) is 8.99. The molecule has 0 bridgehead atoms. The monoisotopic (exact) mass is 719 g/mol. The van der Waals surface area contributed by atoms with Gasteiger partial charge in [-0.05, 0) is 113 Å². The summed E-state index contributed by atoms with van der Waals surface area (Å²) in [5.74, 6) is 0.712. The van der Waals surface area contributed by atoms with Crippen molar-refractivity contribution in [3.05, 3.63) is 200 Å². The average Bonchev–Trinajstić information content (AvgIpc) is 3.91. The zero-order valence-corrected chi connectivity index (χ0v) is 31.1. The first kappa shape index (κ1) is 32.2.